The molecule has 6 nitrogen and oxygen atoms in total. The average molecular weight is 425 g/mol. The summed E-state index contributed by atoms with van der Waals surface area (Å²) in [6.07, 6.45) is -0.0529. The molecule has 1 atom stereocenters. The maximum atomic E-state index is 13.0. The molecular formula is C23H24N2O4S. The summed E-state index contributed by atoms with van der Waals surface area (Å²) < 4.78 is 31.9. The van der Waals surface area contributed by atoms with Crippen molar-refractivity contribution in [3.63, 3.8) is 0 Å². The Hall–Kier alpha value is -2.90. The molecule has 3 aromatic rings. The summed E-state index contributed by atoms with van der Waals surface area (Å²) in [6.45, 7) is 2.24. The SMILES string of the molecule is C[C@H](Oc1ccc2ccccc2c1)C(=O)N1CCc2cc(S(=O)(=O)N(C)C)ccc21. The van der Waals surface area contributed by atoms with Crippen LogP contribution in [0, 0.1) is 0 Å². The fourth-order valence-corrected chi connectivity index (χ4v) is 4.65. The standard InChI is InChI=1S/C23H24N2O4S/c1-16(29-20-9-8-17-6-4-5-7-18(17)14-20)23(26)25-13-12-19-15-21(10-11-22(19)25)30(27,28)24(2)3/h4-11,14-16H,12-13H2,1-3H3/t16-/m0/s1. The van der Waals surface area contributed by atoms with Crippen molar-refractivity contribution < 1.29 is 17.9 Å². The molecule has 1 aliphatic rings. The van der Waals surface area contributed by atoms with Gasteiger partial charge in [0.1, 0.15) is 5.75 Å². The molecule has 1 aliphatic heterocycles. The van der Waals surface area contributed by atoms with Crippen LogP contribution in [-0.4, -0.2) is 45.4 Å². The van der Waals surface area contributed by atoms with Crippen LogP contribution in [0.2, 0.25) is 0 Å². The highest BCUT2D eigenvalue weighted by Gasteiger charge is 2.30. The zero-order valence-electron chi connectivity index (χ0n) is 17.2. The summed E-state index contributed by atoms with van der Waals surface area (Å²) >= 11 is 0. The third-order valence-electron chi connectivity index (χ3n) is 5.37. The molecule has 0 saturated carbocycles. The van der Waals surface area contributed by atoms with Gasteiger partial charge < -0.3 is 9.64 Å². The van der Waals surface area contributed by atoms with Crippen LogP contribution in [-0.2, 0) is 21.2 Å². The molecule has 30 heavy (non-hydrogen) atoms. The van der Waals surface area contributed by atoms with E-state index in [1.807, 2.05) is 42.5 Å². The lowest BCUT2D eigenvalue weighted by molar-refractivity contribution is -0.124. The number of rotatable bonds is 5. The van der Waals surface area contributed by atoms with E-state index in [-0.39, 0.29) is 10.8 Å². The molecule has 1 amide bonds. The Labute approximate surface area is 176 Å². The van der Waals surface area contributed by atoms with E-state index < -0.39 is 16.1 Å². The Bertz CT molecular complexity index is 1220. The number of hydrogen-bond donors (Lipinski definition) is 0. The van der Waals surface area contributed by atoms with Gasteiger partial charge in [0.2, 0.25) is 10.0 Å². The molecule has 3 aromatic carbocycles. The molecule has 0 bridgehead atoms. The minimum absolute atomic E-state index is 0.148. The highest BCUT2D eigenvalue weighted by molar-refractivity contribution is 7.89. The quantitative estimate of drug-likeness (QED) is 0.629. The van der Waals surface area contributed by atoms with Crippen molar-refractivity contribution in [2.75, 3.05) is 25.5 Å². The highest BCUT2D eigenvalue weighted by atomic mass is 32.2. The second kappa shape index (κ2) is 7.74. The summed E-state index contributed by atoms with van der Waals surface area (Å²) in [7, 11) is -0.498. The van der Waals surface area contributed by atoms with Gasteiger partial charge in [-0.1, -0.05) is 30.3 Å². The molecule has 0 spiro atoms. The van der Waals surface area contributed by atoms with Crippen molar-refractivity contribution >= 4 is 32.4 Å². The summed E-state index contributed by atoms with van der Waals surface area (Å²) in [5.74, 6) is 0.492. The average Bonchev–Trinajstić information content (AvgIpc) is 3.16. The Balaban J connectivity index is 1.53. The fraction of sp³-hybridized carbons (Fsp3) is 0.261. The van der Waals surface area contributed by atoms with Crippen LogP contribution in [0.1, 0.15) is 12.5 Å². The molecule has 156 valence electrons. The number of sulfonamides is 1. The third kappa shape index (κ3) is 3.66. The summed E-state index contributed by atoms with van der Waals surface area (Å²) in [5, 5.41) is 2.16. The van der Waals surface area contributed by atoms with Crippen LogP contribution in [0.25, 0.3) is 10.8 Å². The first-order valence-electron chi connectivity index (χ1n) is 9.79. The predicted molar refractivity (Wildman–Crippen MR) is 117 cm³/mol. The van der Waals surface area contributed by atoms with Gasteiger partial charge in [-0.2, -0.15) is 0 Å². The Morgan fingerprint density at radius 3 is 2.50 bits per heavy atom. The maximum Gasteiger partial charge on any atom is 0.267 e. The van der Waals surface area contributed by atoms with Gasteiger partial charge in [0.15, 0.2) is 6.10 Å². The molecule has 1 heterocycles. The maximum absolute atomic E-state index is 13.0. The van der Waals surface area contributed by atoms with Crippen LogP contribution in [0.4, 0.5) is 5.69 Å². The molecule has 0 fully saturated rings. The van der Waals surface area contributed by atoms with Gasteiger partial charge in [-0.15, -0.1) is 0 Å². The first-order chi connectivity index (χ1) is 14.3. The van der Waals surface area contributed by atoms with E-state index in [0.717, 1.165) is 22.0 Å². The van der Waals surface area contributed by atoms with Crippen LogP contribution in [0.15, 0.2) is 65.6 Å². The highest BCUT2D eigenvalue weighted by Crippen LogP contribution is 2.32. The van der Waals surface area contributed by atoms with Crippen LogP contribution in [0.5, 0.6) is 5.75 Å². The molecule has 0 aromatic heterocycles. The van der Waals surface area contributed by atoms with E-state index in [9.17, 15) is 13.2 Å². The Kier molecular flexibility index (Phi) is 5.26. The number of carbonyl (C=O) groups excluding carboxylic acids is 1. The summed E-state index contributed by atoms with van der Waals surface area (Å²) in [6, 6.07) is 18.7. The normalized spacial score (nSPS) is 14.7. The summed E-state index contributed by atoms with van der Waals surface area (Å²) in [4.78, 5) is 15.0. The topological polar surface area (TPSA) is 66.9 Å². The predicted octanol–water partition coefficient (Wildman–Crippen LogP) is 3.45. The smallest absolute Gasteiger partial charge is 0.267 e. The lowest BCUT2D eigenvalue weighted by Crippen LogP contribution is -2.39. The summed E-state index contributed by atoms with van der Waals surface area (Å²) in [5.41, 5.74) is 1.59. The minimum Gasteiger partial charge on any atom is -0.481 e. The van der Waals surface area contributed by atoms with Crippen LogP contribution in [0.3, 0.4) is 0 Å². The number of ether oxygens (including phenoxy) is 1. The molecule has 0 N–H and O–H groups in total. The van der Waals surface area contributed by atoms with Crippen molar-refractivity contribution in [1.82, 2.24) is 4.31 Å². The van der Waals surface area contributed by atoms with Crippen molar-refractivity contribution in [3.05, 3.63) is 66.2 Å². The first kappa shape index (κ1) is 20.4. The monoisotopic (exact) mass is 424 g/mol. The van der Waals surface area contributed by atoms with Crippen LogP contribution < -0.4 is 9.64 Å². The number of carbonyl (C=O) groups is 1. The number of anilines is 1. The molecule has 0 radical (unpaired) electrons. The van der Waals surface area contributed by atoms with Gasteiger partial charge in [0, 0.05) is 26.3 Å². The second-order valence-corrected chi connectivity index (χ2v) is 9.74. The zero-order chi connectivity index (χ0) is 21.5. The molecule has 0 aliphatic carbocycles. The van der Waals surface area contributed by atoms with E-state index in [1.54, 1.807) is 30.0 Å². The van der Waals surface area contributed by atoms with E-state index in [2.05, 4.69) is 0 Å². The molecular weight excluding hydrogens is 400 g/mol. The first-order valence-corrected chi connectivity index (χ1v) is 11.2. The van der Waals surface area contributed by atoms with Gasteiger partial charge in [-0.05, 0) is 60.0 Å². The minimum atomic E-state index is -3.51. The van der Waals surface area contributed by atoms with Crippen molar-refractivity contribution in [2.24, 2.45) is 0 Å². The lowest BCUT2D eigenvalue weighted by atomic mass is 10.1. The third-order valence-corrected chi connectivity index (χ3v) is 7.18. The van der Waals surface area contributed by atoms with E-state index >= 15 is 0 Å². The van der Waals surface area contributed by atoms with Gasteiger partial charge >= 0.3 is 0 Å². The van der Waals surface area contributed by atoms with Gasteiger partial charge in [-0.3, -0.25) is 4.79 Å². The number of amides is 1. The second-order valence-electron chi connectivity index (χ2n) is 7.59. The lowest BCUT2D eigenvalue weighted by Gasteiger charge is -2.23. The fourth-order valence-electron chi connectivity index (χ4n) is 3.69. The number of hydrogen-bond acceptors (Lipinski definition) is 4. The number of benzene rings is 3. The van der Waals surface area contributed by atoms with Crippen LogP contribution >= 0.6 is 0 Å². The number of nitrogens with zero attached hydrogens (tertiary/aromatic N) is 2. The molecule has 0 saturated heterocycles. The van der Waals surface area contributed by atoms with Gasteiger partial charge in [0.05, 0.1) is 4.90 Å². The van der Waals surface area contributed by atoms with Crippen molar-refractivity contribution in [1.29, 1.82) is 0 Å². The molecule has 7 heteroatoms. The number of fused-ring (bicyclic) bond motifs is 2. The molecule has 4 rings (SSSR count). The molecule has 0 unspecified atom stereocenters. The Morgan fingerprint density at radius 2 is 1.77 bits per heavy atom. The van der Waals surface area contributed by atoms with E-state index in [1.165, 1.54) is 18.4 Å². The van der Waals surface area contributed by atoms with Gasteiger partial charge in [-0.25, -0.2) is 12.7 Å². The van der Waals surface area contributed by atoms with Crippen molar-refractivity contribution in [2.45, 2.75) is 24.3 Å². The zero-order valence-corrected chi connectivity index (χ0v) is 18.0. The van der Waals surface area contributed by atoms with Crippen molar-refractivity contribution in [3.8, 4) is 5.75 Å². The van der Waals surface area contributed by atoms with Gasteiger partial charge in [0.25, 0.3) is 5.91 Å². The van der Waals surface area contributed by atoms with E-state index in [0.29, 0.717) is 18.7 Å². The largest absolute Gasteiger partial charge is 0.481 e. The van der Waals surface area contributed by atoms with E-state index in [4.69, 9.17) is 4.74 Å². The Morgan fingerprint density at radius 1 is 1.03 bits per heavy atom.